The first-order valence-electron chi connectivity index (χ1n) is 7.99. The van der Waals surface area contributed by atoms with Crippen LogP contribution in [0.4, 0.5) is 0 Å². The molecule has 118 valence electrons. The lowest BCUT2D eigenvalue weighted by molar-refractivity contribution is -0.150. The summed E-state index contributed by atoms with van der Waals surface area (Å²) >= 11 is 0. The summed E-state index contributed by atoms with van der Waals surface area (Å²) in [6.07, 6.45) is 6.69. The van der Waals surface area contributed by atoms with Gasteiger partial charge >= 0.3 is 0 Å². The molecule has 1 saturated carbocycles. The maximum Gasteiger partial charge on any atom is 0.228 e. The SMILES string of the molecule is CC(C)CC1(C(=O)N2CCC(C(C)N)CC2)CCC1.Cl. The summed E-state index contributed by atoms with van der Waals surface area (Å²) in [6.45, 7) is 8.40. The topological polar surface area (TPSA) is 46.3 Å². The van der Waals surface area contributed by atoms with Crippen LogP contribution in [0.15, 0.2) is 0 Å². The predicted octanol–water partition coefficient (Wildman–Crippen LogP) is 3.21. The highest BCUT2D eigenvalue weighted by molar-refractivity contribution is 5.85. The van der Waals surface area contributed by atoms with Crippen molar-refractivity contribution in [2.24, 2.45) is 23.0 Å². The van der Waals surface area contributed by atoms with Gasteiger partial charge in [0.2, 0.25) is 5.91 Å². The van der Waals surface area contributed by atoms with Crippen LogP contribution in [0.3, 0.4) is 0 Å². The molecule has 0 aromatic rings. The monoisotopic (exact) mass is 302 g/mol. The smallest absolute Gasteiger partial charge is 0.228 e. The molecule has 2 rings (SSSR count). The van der Waals surface area contributed by atoms with Gasteiger partial charge < -0.3 is 10.6 Å². The van der Waals surface area contributed by atoms with E-state index in [0.29, 0.717) is 17.7 Å². The largest absolute Gasteiger partial charge is 0.342 e. The van der Waals surface area contributed by atoms with Crippen LogP contribution in [0.1, 0.15) is 59.3 Å². The van der Waals surface area contributed by atoms with Gasteiger partial charge in [-0.1, -0.05) is 20.3 Å². The van der Waals surface area contributed by atoms with Crippen molar-refractivity contribution in [2.45, 2.75) is 65.3 Å². The van der Waals surface area contributed by atoms with Crippen molar-refractivity contribution in [3.63, 3.8) is 0 Å². The Balaban J connectivity index is 0.00000200. The molecule has 1 heterocycles. The Labute approximate surface area is 130 Å². The second-order valence-corrected chi connectivity index (χ2v) is 7.22. The summed E-state index contributed by atoms with van der Waals surface area (Å²) in [5.74, 6) is 1.66. The minimum absolute atomic E-state index is 0. The van der Waals surface area contributed by atoms with E-state index in [2.05, 4.69) is 25.7 Å². The van der Waals surface area contributed by atoms with Gasteiger partial charge in [0.05, 0.1) is 0 Å². The molecule has 0 aromatic carbocycles. The van der Waals surface area contributed by atoms with Gasteiger partial charge in [-0.3, -0.25) is 4.79 Å². The molecule has 2 N–H and O–H groups in total. The molecule has 1 aliphatic heterocycles. The van der Waals surface area contributed by atoms with E-state index in [4.69, 9.17) is 5.73 Å². The number of piperidine rings is 1. The van der Waals surface area contributed by atoms with Gasteiger partial charge in [0.1, 0.15) is 0 Å². The van der Waals surface area contributed by atoms with Crippen LogP contribution in [-0.4, -0.2) is 29.9 Å². The minimum Gasteiger partial charge on any atom is -0.342 e. The number of nitrogens with two attached hydrogens (primary N) is 1. The Kier molecular flexibility index (Phi) is 6.33. The molecule has 1 atom stereocenters. The van der Waals surface area contributed by atoms with Crippen molar-refractivity contribution < 1.29 is 4.79 Å². The first-order valence-corrected chi connectivity index (χ1v) is 7.99. The van der Waals surface area contributed by atoms with Gasteiger partial charge in [-0.15, -0.1) is 12.4 Å². The number of amides is 1. The summed E-state index contributed by atoms with van der Waals surface area (Å²) in [4.78, 5) is 14.9. The Morgan fingerprint density at radius 1 is 1.25 bits per heavy atom. The average molecular weight is 303 g/mol. The predicted molar refractivity (Wildman–Crippen MR) is 85.9 cm³/mol. The molecule has 0 aromatic heterocycles. The van der Waals surface area contributed by atoms with Gasteiger partial charge in [0, 0.05) is 24.5 Å². The van der Waals surface area contributed by atoms with Crippen molar-refractivity contribution >= 4 is 18.3 Å². The van der Waals surface area contributed by atoms with E-state index in [9.17, 15) is 4.79 Å². The van der Waals surface area contributed by atoms with E-state index in [0.717, 1.165) is 45.2 Å². The lowest BCUT2D eigenvalue weighted by atomic mass is 9.63. The zero-order chi connectivity index (χ0) is 14.0. The number of halogens is 1. The molecule has 1 amide bonds. The highest BCUT2D eigenvalue weighted by Gasteiger charge is 2.46. The van der Waals surface area contributed by atoms with E-state index in [1.165, 1.54) is 6.42 Å². The minimum atomic E-state index is -0.00463. The molecule has 4 heteroatoms. The van der Waals surface area contributed by atoms with Crippen molar-refractivity contribution in [3.8, 4) is 0 Å². The maximum absolute atomic E-state index is 12.8. The zero-order valence-electron chi connectivity index (χ0n) is 13.2. The van der Waals surface area contributed by atoms with Crippen molar-refractivity contribution in [3.05, 3.63) is 0 Å². The summed E-state index contributed by atoms with van der Waals surface area (Å²) in [5, 5.41) is 0. The highest BCUT2D eigenvalue weighted by atomic mass is 35.5. The van der Waals surface area contributed by atoms with Gasteiger partial charge in [-0.05, 0) is 50.9 Å². The molecule has 0 bridgehead atoms. The molecule has 1 saturated heterocycles. The number of hydrogen-bond donors (Lipinski definition) is 1. The van der Waals surface area contributed by atoms with Crippen LogP contribution >= 0.6 is 12.4 Å². The lowest BCUT2D eigenvalue weighted by Gasteiger charge is -2.46. The van der Waals surface area contributed by atoms with Gasteiger partial charge in [-0.2, -0.15) is 0 Å². The lowest BCUT2D eigenvalue weighted by Crippen LogP contribution is -2.51. The Bertz CT molecular complexity index is 318. The molecule has 3 nitrogen and oxygen atoms in total. The summed E-state index contributed by atoms with van der Waals surface area (Å²) in [5.41, 5.74) is 5.97. The molecule has 1 unspecified atom stereocenters. The van der Waals surface area contributed by atoms with Crippen LogP contribution < -0.4 is 5.73 Å². The first kappa shape index (κ1) is 17.8. The average Bonchev–Trinajstić information content (AvgIpc) is 2.33. The normalized spacial score (nSPS) is 23.9. The molecule has 2 aliphatic rings. The summed E-state index contributed by atoms with van der Waals surface area (Å²) < 4.78 is 0. The van der Waals surface area contributed by atoms with Crippen molar-refractivity contribution in [1.82, 2.24) is 4.90 Å². The fraction of sp³-hybridized carbons (Fsp3) is 0.938. The third-order valence-electron chi connectivity index (χ3n) is 5.13. The zero-order valence-corrected chi connectivity index (χ0v) is 14.0. The second-order valence-electron chi connectivity index (χ2n) is 7.22. The maximum atomic E-state index is 12.8. The molecule has 2 fully saturated rings. The molecular weight excluding hydrogens is 272 g/mol. The number of rotatable bonds is 4. The number of likely N-dealkylation sites (tertiary alicyclic amines) is 1. The number of carbonyl (C=O) groups is 1. The van der Waals surface area contributed by atoms with Crippen LogP contribution in [0, 0.1) is 17.3 Å². The van der Waals surface area contributed by atoms with E-state index >= 15 is 0 Å². The summed E-state index contributed by atoms with van der Waals surface area (Å²) in [6, 6.07) is 0.269. The van der Waals surface area contributed by atoms with E-state index < -0.39 is 0 Å². The Hall–Kier alpha value is -0.280. The second kappa shape index (κ2) is 7.13. The van der Waals surface area contributed by atoms with Crippen LogP contribution in [0.2, 0.25) is 0 Å². The summed E-state index contributed by atoms with van der Waals surface area (Å²) in [7, 11) is 0. The highest BCUT2D eigenvalue weighted by Crippen LogP contribution is 2.47. The van der Waals surface area contributed by atoms with Crippen molar-refractivity contribution in [2.75, 3.05) is 13.1 Å². The van der Waals surface area contributed by atoms with E-state index in [1.807, 2.05) is 0 Å². The first-order chi connectivity index (χ1) is 8.94. The fourth-order valence-corrected chi connectivity index (χ4v) is 3.85. The van der Waals surface area contributed by atoms with Gasteiger partial charge in [-0.25, -0.2) is 0 Å². The third-order valence-corrected chi connectivity index (χ3v) is 5.13. The van der Waals surface area contributed by atoms with E-state index in [-0.39, 0.29) is 23.9 Å². The Morgan fingerprint density at radius 2 is 1.80 bits per heavy atom. The van der Waals surface area contributed by atoms with Crippen LogP contribution in [0.25, 0.3) is 0 Å². The number of hydrogen-bond acceptors (Lipinski definition) is 2. The molecule has 0 radical (unpaired) electrons. The van der Waals surface area contributed by atoms with Crippen LogP contribution in [0.5, 0.6) is 0 Å². The number of carbonyl (C=O) groups excluding carboxylic acids is 1. The molecule has 20 heavy (non-hydrogen) atoms. The molecule has 1 aliphatic carbocycles. The third kappa shape index (κ3) is 3.67. The molecule has 0 spiro atoms. The number of nitrogens with zero attached hydrogens (tertiary/aromatic N) is 1. The standard InChI is InChI=1S/C16H30N2O.ClH/c1-12(2)11-16(7-4-8-16)15(19)18-9-5-14(6-10-18)13(3)17;/h12-14H,4-11,17H2,1-3H3;1H. The van der Waals surface area contributed by atoms with E-state index in [1.54, 1.807) is 0 Å². The fourth-order valence-electron chi connectivity index (χ4n) is 3.85. The van der Waals surface area contributed by atoms with Gasteiger partial charge in [0.25, 0.3) is 0 Å². The van der Waals surface area contributed by atoms with Crippen LogP contribution in [-0.2, 0) is 4.79 Å². The van der Waals surface area contributed by atoms with Gasteiger partial charge in [0.15, 0.2) is 0 Å². The molecular formula is C16H31ClN2O. The quantitative estimate of drug-likeness (QED) is 0.867. The Morgan fingerprint density at radius 3 is 2.15 bits per heavy atom. The van der Waals surface area contributed by atoms with Crippen molar-refractivity contribution in [1.29, 1.82) is 0 Å².